The fourth-order valence-electron chi connectivity index (χ4n) is 2.19. The van der Waals surface area contributed by atoms with E-state index in [1.165, 1.54) is 0 Å². The van der Waals surface area contributed by atoms with Crippen LogP contribution in [0, 0.1) is 5.92 Å². The van der Waals surface area contributed by atoms with E-state index in [0.29, 0.717) is 36.5 Å². The third kappa shape index (κ3) is 7.80. The van der Waals surface area contributed by atoms with Crippen molar-refractivity contribution in [3.05, 3.63) is 59.1 Å². The van der Waals surface area contributed by atoms with Crippen molar-refractivity contribution < 1.29 is 9.47 Å². The molecule has 0 fully saturated rings. The first-order chi connectivity index (χ1) is 12.1. The van der Waals surface area contributed by atoms with Gasteiger partial charge in [0.05, 0.1) is 25.3 Å². The van der Waals surface area contributed by atoms with Crippen LogP contribution in [0.4, 0.5) is 5.69 Å². The van der Waals surface area contributed by atoms with Crippen LogP contribution in [0.15, 0.2) is 53.5 Å². The van der Waals surface area contributed by atoms with Gasteiger partial charge in [0, 0.05) is 12.2 Å². The van der Waals surface area contributed by atoms with E-state index in [4.69, 9.17) is 26.8 Å². The molecule has 2 aromatic carbocycles. The van der Waals surface area contributed by atoms with Crippen molar-refractivity contribution in [3.8, 4) is 5.75 Å². The van der Waals surface area contributed by atoms with E-state index in [2.05, 4.69) is 17.2 Å². The molecule has 1 unspecified atom stereocenters. The maximum absolute atomic E-state index is 6.09. The smallest absolute Gasteiger partial charge is 0.193 e. The molecule has 0 amide bonds. The van der Waals surface area contributed by atoms with Crippen LogP contribution in [-0.2, 0) is 11.3 Å². The summed E-state index contributed by atoms with van der Waals surface area (Å²) in [6.45, 7) is 3.89. The number of ether oxygens (including phenoxy) is 2. The lowest BCUT2D eigenvalue weighted by Crippen LogP contribution is -2.24. The average molecular weight is 490 g/mol. The standard InChI is InChI=1S/C19H24ClN3O2.HI/c1-14(12-25-13-15-6-4-3-5-7-15)11-22-19(21)23-16-8-9-18(24-2)17(20)10-16;/h3-10,14H,11-13H2,1-2H3,(H3,21,22,23);1H. The van der Waals surface area contributed by atoms with Crippen molar-refractivity contribution in [2.75, 3.05) is 25.6 Å². The van der Waals surface area contributed by atoms with Gasteiger partial charge in [0.25, 0.3) is 0 Å². The number of aliphatic imine (C=N–C) groups is 1. The van der Waals surface area contributed by atoms with Crippen LogP contribution < -0.4 is 15.8 Å². The number of methoxy groups -OCH3 is 1. The van der Waals surface area contributed by atoms with E-state index in [0.717, 1.165) is 11.3 Å². The van der Waals surface area contributed by atoms with Gasteiger partial charge in [-0.2, -0.15) is 0 Å². The Labute approximate surface area is 177 Å². The van der Waals surface area contributed by atoms with E-state index in [-0.39, 0.29) is 29.9 Å². The number of hydrogen-bond acceptors (Lipinski definition) is 3. The van der Waals surface area contributed by atoms with Gasteiger partial charge in [0.2, 0.25) is 0 Å². The van der Waals surface area contributed by atoms with Gasteiger partial charge in [-0.15, -0.1) is 24.0 Å². The third-order valence-corrected chi connectivity index (χ3v) is 3.81. The number of guanidine groups is 1. The van der Waals surface area contributed by atoms with Gasteiger partial charge in [0.15, 0.2) is 5.96 Å². The van der Waals surface area contributed by atoms with Gasteiger partial charge in [-0.25, -0.2) is 0 Å². The molecule has 0 radical (unpaired) electrons. The molecule has 0 heterocycles. The molecule has 2 rings (SSSR count). The Bertz CT molecular complexity index is 698. The highest BCUT2D eigenvalue weighted by molar-refractivity contribution is 14.0. The monoisotopic (exact) mass is 489 g/mol. The summed E-state index contributed by atoms with van der Waals surface area (Å²) in [5, 5.41) is 3.53. The van der Waals surface area contributed by atoms with Gasteiger partial charge in [0.1, 0.15) is 5.75 Å². The first-order valence-electron chi connectivity index (χ1n) is 8.10. The minimum Gasteiger partial charge on any atom is -0.495 e. The highest BCUT2D eigenvalue weighted by atomic mass is 127. The van der Waals surface area contributed by atoms with E-state index in [1.807, 2.05) is 36.4 Å². The molecule has 5 nitrogen and oxygen atoms in total. The molecule has 2 aromatic rings. The summed E-state index contributed by atoms with van der Waals surface area (Å²) >= 11 is 6.09. The highest BCUT2D eigenvalue weighted by Gasteiger charge is 2.05. The Morgan fingerprint density at radius 1 is 1.23 bits per heavy atom. The zero-order valence-corrected chi connectivity index (χ0v) is 18.0. The molecule has 0 saturated heterocycles. The number of halogens is 2. The van der Waals surface area contributed by atoms with Crippen molar-refractivity contribution >= 4 is 47.2 Å². The summed E-state index contributed by atoms with van der Waals surface area (Å²) in [7, 11) is 1.57. The Morgan fingerprint density at radius 3 is 2.62 bits per heavy atom. The minimum atomic E-state index is 0. The van der Waals surface area contributed by atoms with E-state index < -0.39 is 0 Å². The normalized spacial score (nSPS) is 12.2. The van der Waals surface area contributed by atoms with Gasteiger partial charge < -0.3 is 20.5 Å². The predicted molar refractivity (Wildman–Crippen MR) is 119 cm³/mol. The molecule has 0 bridgehead atoms. The van der Waals surface area contributed by atoms with E-state index in [9.17, 15) is 0 Å². The largest absolute Gasteiger partial charge is 0.495 e. The predicted octanol–water partition coefficient (Wildman–Crippen LogP) is 4.55. The molecule has 7 heteroatoms. The molecule has 3 N–H and O–H groups in total. The average Bonchev–Trinajstić information content (AvgIpc) is 2.61. The maximum Gasteiger partial charge on any atom is 0.193 e. The fourth-order valence-corrected chi connectivity index (χ4v) is 2.45. The van der Waals surface area contributed by atoms with Crippen LogP contribution >= 0.6 is 35.6 Å². The lowest BCUT2D eigenvalue weighted by atomic mass is 10.2. The molecule has 0 spiro atoms. The number of anilines is 1. The summed E-state index contributed by atoms with van der Waals surface area (Å²) in [6, 6.07) is 15.4. The van der Waals surface area contributed by atoms with Crippen LogP contribution in [0.2, 0.25) is 5.02 Å². The molecule has 0 aliphatic carbocycles. The lowest BCUT2D eigenvalue weighted by molar-refractivity contribution is 0.0945. The molecule has 142 valence electrons. The summed E-state index contributed by atoms with van der Waals surface area (Å²) in [4.78, 5) is 4.35. The Balaban J connectivity index is 0.00000338. The van der Waals surface area contributed by atoms with Crippen molar-refractivity contribution in [1.82, 2.24) is 0 Å². The van der Waals surface area contributed by atoms with Gasteiger partial charge >= 0.3 is 0 Å². The number of benzene rings is 2. The Morgan fingerprint density at radius 2 is 1.96 bits per heavy atom. The molecular formula is C19H25ClIN3O2. The van der Waals surface area contributed by atoms with Gasteiger partial charge in [-0.3, -0.25) is 4.99 Å². The van der Waals surface area contributed by atoms with Crippen LogP contribution in [0.1, 0.15) is 12.5 Å². The molecular weight excluding hydrogens is 465 g/mol. The molecule has 26 heavy (non-hydrogen) atoms. The topological polar surface area (TPSA) is 68.9 Å². The van der Waals surface area contributed by atoms with Crippen LogP contribution in [0.3, 0.4) is 0 Å². The van der Waals surface area contributed by atoms with Crippen molar-refractivity contribution in [1.29, 1.82) is 0 Å². The number of nitrogens with one attached hydrogen (secondary N) is 1. The minimum absolute atomic E-state index is 0. The van der Waals surface area contributed by atoms with E-state index in [1.54, 1.807) is 19.2 Å². The first kappa shape index (κ1) is 22.5. The summed E-state index contributed by atoms with van der Waals surface area (Å²) < 4.78 is 10.8. The number of rotatable bonds is 8. The summed E-state index contributed by atoms with van der Waals surface area (Å²) in [6.07, 6.45) is 0. The number of hydrogen-bond donors (Lipinski definition) is 2. The first-order valence-corrected chi connectivity index (χ1v) is 8.48. The van der Waals surface area contributed by atoms with Gasteiger partial charge in [-0.05, 0) is 29.7 Å². The van der Waals surface area contributed by atoms with Crippen molar-refractivity contribution in [2.45, 2.75) is 13.5 Å². The quantitative estimate of drug-likeness (QED) is 0.324. The molecule has 0 aliphatic heterocycles. The second-order valence-corrected chi connectivity index (χ2v) is 6.21. The maximum atomic E-state index is 6.09. The molecule has 0 saturated carbocycles. The van der Waals surface area contributed by atoms with Crippen molar-refractivity contribution in [3.63, 3.8) is 0 Å². The Kier molecular flexibility index (Phi) is 10.4. The lowest BCUT2D eigenvalue weighted by Gasteiger charge is -2.11. The van der Waals surface area contributed by atoms with E-state index >= 15 is 0 Å². The zero-order valence-electron chi connectivity index (χ0n) is 14.9. The van der Waals surface area contributed by atoms with Gasteiger partial charge in [-0.1, -0.05) is 48.9 Å². The second kappa shape index (κ2) is 12.0. The molecule has 0 aliphatic rings. The highest BCUT2D eigenvalue weighted by Crippen LogP contribution is 2.27. The zero-order chi connectivity index (χ0) is 18.1. The summed E-state index contributed by atoms with van der Waals surface area (Å²) in [5.74, 6) is 1.23. The fraction of sp³-hybridized carbons (Fsp3) is 0.316. The molecule has 1 atom stereocenters. The molecule has 0 aromatic heterocycles. The second-order valence-electron chi connectivity index (χ2n) is 5.81. The SMILES string of the molecule is COc1ccc(NC(N)=NCC(C)COCc2ccccc2)cc1Cl.I. The van der Waals surface area contributed by atoms with Crippen LogP contribution in [-0.4, -0.2) is 26.2 Å². The Hall–Kier alpha value is -1.51. The van der Waals surface area contributed by atoms with Crippen molar-refractivity contribution in [2.24, 2.45) is 16.6 Å². The summed E-state index contributed by atoms with van der Waals surface area (Å²) in [5.41, 5.74) is 7.84. The van der Waals surface area contributed by atoms with Crippen LogP contribution in [0.25, 0.3) is 0 Å². The van der Waals surface area contributed by atoms with Crippen LogP contribution in [0.5, 0.6) is 5.75 Å². The third-order valence-electron chi connectivity index (χ3n) is 3.51. The number of nitrogens with zero attached hydrogens (tertiary/aromatic N) is 1. The number of nitrogens with two attached hydrogens (primary N) is 1.